The van der Waals surface area contributed by atoms with Gasteiger partial charge in [-0.05, 0) is 32.2 Å². The van der Waals surface area contributed by atoms with Gasteiger partial charge in [-0.25, -0.2) is 4.79 Å². The zero-order valence-corrected chi connectivity index (χ0v) is 10.7. The second-order valence-corrected chi connectivity index (χ2v) is 3.68. The summed E-state index contributed by atoms with van der Waals surface area (Å²) in [6.07, 6.45) is 0.736. The zero-order valence-electron chi connectivity index (χ0n) is 10.7. The second kappa shape index (κ2) is 7.36. The smallest absolute Gasteiger partial charge is 0.338 e. The van der Waals surface area contributed by atoms with Crippen LogP contribution in [0, 0.1) is 11.8 Å². The second-order valence-electron chi connectivity index (χ2n) is 3.68. The molecule has 0 saturated heterocycles. The number of hydrogen-bond acceptors (Lipinski definition) is 4. The van der Waals surface area contributed by atoms with Gasteiger partial charge in [-0.1, -0.05) is 11.8 Å². The molecule has 96 valence electrons. The fraction of sp³-hybridized carbons (Fsp3) is 0.357. The van der Waals surface area contributed by atoms with E-state index in [1.807, 2.05) is 7.05 Å². The lowest BCUT2D eigenvalue weighted by Crippen LogP contribution is -2.06. The van der Waals surface area contributed by atoms with Crippen LogP contribution < -0.4 is 11.1 Å². The third-order valence-corrected chi connectivity index (χ3v) is 2.29. The number of nitrogen functional groups attached to an aromatic ring is 1. The van der Waals surface area contributed by atoms with Crippen molar-refractivity contribution >= 4 is 11.7 Å². The van der Waals surface area contributed by atoms with Crippen LogP contribution >= 0.6 is 0 Å². The van der Waals surface area contributed by atoms with Crippen LogP contribution in [-0.2, 0) is 4.74 Å². The van der Waals surface area contributed by atoms with Crippen molar-refractivity contribution in [2.24, 2.45) is 0 Å². The van der Waals surface area contributed by atoms with Crippen LogP contribution in [0.25, 0.3) is 0 Å². The van der Waals surface area contributed by atoms with Gasteiger partial charge in [0, 0.05) is 24.2 Å². The summed E-state index contributed by atoms with van der Waals surface area (Å²) in [7, 11) is 1.87. The van der Waals surface area contributed by atoms with E-state index in [0.29, 0.717) is 23.4 Å². The first-order valence-corrected chi connectivity index (χ1v) is 5.89. The zero-order chi connectivity index (χ0) is 13.4. The molecule has 0 saturated carbocycles. The van der Waals surface area contributed by atoms with Gasteiger partial charge in [-0.2, -0.15) is 0 Å². The number of nitrogens with one attached hydrogen (secondary N) is 1. The van der Waals surface area contributed by atoms with E-state index in [2.05, 4.69) is 17.2 Å². The molecular weight excluding hydrogens is 228 g/mol. The van der Waals surface area contributed by atoms with Gasteiger partial charge in [-0.15, -0.1) is 0 Å². The van der Waals surface area contributed by atoms with Gasteiger partial charge in [0.25, 0.3) is 0 Å². The Morgan fingerprint density at radius 1 is 1.50 bits per heavy atom. The Hall–Kier alpha value is -1.99. The fourth-order valence-electron chi connectivity index (χ4n) is 1.35. The first kappa shape index (κ1) is 14.1. The van der Waals surface area contributed by atoms with Gasteiger partial charge < -0.3 is 15.8 Å². The molecule has 1 aromatic rings. The van der Waals surface area contributed by atoms with Crippen molar-refractivity contribution in [1.82, 2.24) is 5.32 Å². The van der Waals surface area contributed by atoms with E-state index in [1.165, 1.54) is 0 Å². The largest absolute Gasteiger partial charge is 0.462 e. The monoisotopic (exact) mass is 246 g/mol. The lowest BCUT2D eigenvalue weighted by molar-refractivity contribution is 0.0526. The van der Waals surface area contributed by atoms with Crippen LogP contribution in [0.1, 0.15) is 29.3 Å². The van der Waals surface area contributed by atoms with Gasteiger partial charge >= 0.3 is 5.97 Å². The van der Waals surface area contributed by atoms with Gasteiger partial charge in [0.1, 0.15) is 0 Å². The van der Waals surface area contributed by atoms with Crippen molar-refractivity contribution in [2.75, 3.05) is 25.9 Å². The molecule has 3 N–H and O–H groups in total. The third kappa shape index (κ3) is 4.11. The first-order valence-electron chi connectivity index (χ1n) is 5.89. The lowest BCUT2D eigenvalue weighted by atomic mass is 10.1. The summed E-state index contributed by atoms with van der Waals surface area (Å²) >= 11 is 0. The minimum absolute atomic E-state index is 0.351. The molecule has 0 bridgehead atoms. The number of hydrogen-bond donors (Lipinski definition) is 2. The molecule has 0 unspecified atom stereocenters. The van der Waals surface area contributed by atoms with Crippen LogP contribution in [-0.4, -0.2) is 26.2 Å². The van der Waals surface area contributed by atoms with Crippen molar-refractivity contribution in [1.29, 1.82) is 0 Å². The molecule has 4 heteroatoms. The Bertz CT molecular complexity index is 472. The molecule has 18 heavy (non-hydrogen) atoms. The SMILES string of the molecule is CCOC(=O)c1ccc(N)c(C#CCCNC)c1. The molecule has 0 spiro atoms. The van der Waals surface area contributed by atoms with Gasteiger partial charge in [0.15, 0.2) is 0 Å². The number of nitrogens with two attached hydrogens (primary N) is 1. The Labute approximate surface area is 108 Å². The highest BCUT2D eigenvalue weighted by Crippen LogP contribution is 2.14. The van der Waals surface area contributed by atoms with Crippen molar-refractivity contribution in [3.8, 4) is 11.8 Å². The molecule has 0 aliphatic rings. The summed E-state index contributed by atoms with van der Waals surface area (Å²) in [5, 5.41) is 3.01. The summed E-state index contributed by atoms with van der Waals surface area (Å²) in [6, 6.07) is 4.99. The Morgan fingerprint density at radius 2 is 2.28 bits per heavy atom. The van der Waals surface area contributed by atoms with Crippen LogP contribution in [0.4, 0.5) is 5.69 Å². The Morgan fingerprint density at radius 3 is 2.94 bits per heavy atom. The van der Waals surface area contributed by atoms with E-state index in [-0.39, 0.29) is 5.97 Å². The minimum Gasteiger partial charge on any atom is -0.462 e. The summed E-state index contributed by atoms with van der Waals surface area (Å²) in [4.78, 5) is 11.6. The maximum atomic E-state index is 11.6. The number of benzene rings is 1. The summed E-state index contributed by atoms with van der Waals surface area (Å²) < 4.78 is 4.93. The van der Waals surface area contributed by atoms with Gasteiger partial charge in [0.2, 0.25) is 0 Å². The third-order valence-electron chi connectivity index (χ3n) is 2.29. The molecule has 1 aromatic carbocycles. The molecule has 0 aliphatic carbocycles. The summed E-state index contributed by atoms with van der Waals surface area (Å²) in [6.45, 7) is 2.95. The molecule has 0 amide bonds. The van der Waals surface area contributed by atoms with E-state index >= 15 is 0 Å². The van der Waals surface area contributed by atoms with E-state index < -0.39 is 0 Å². The number of carbonyl (C=O) groups excluding carboxylic acids is 1. The quantitative estimate of drug-likeness (QED) is 0.365. The standard InChI is InChI=1S/C14H18N2O2/c1-3-18-14(17)12-7-8-13(15)11(10-12)6-4-5-9-16-2/h7-8,10,16H,3,5,9,15H2,1-2H3. The topological polar surface area (TPSA) is 64.3 Å². The Kier molecular flexibility index (Phi) is 5.75. The average Bonchev–Trinajstić information content (AvgIpc) is 2.37. The van der Waals surface area contributed by atoms with Crippen molar-refractivity contribution in [3.05, 3.63) is 29.3 Å². The van der Waals surface area contributed by atoms with Crippen LogP contribution in [0.2, 0.25) is 0 Å². The fourth-order valence-corrected chi connectivity index (χ4v) is 1.35. The van der Waals surface area contributed by atoms with Crippen molar-refractivity contribution < 1.29 is 9.53 Å². The molecule has 0 aliphatic heterocycles. The van der Waals surface area contributed by atoms with Crippen LogP contribution in [0.3, 0.4) is 0 Å². The molecule has 4 nitrogen and oxygen atoms in total. The molecule has 0 fully saturated rings. The number of esters is 1. The molecule has 0 atom stereocenters. The number of ether oxygens (including phenoxy) is 1. The predicted molar refractivity (Wildman–Crippen MR) is 72.2 cm³/mol. The number of anilines is 1. The van der Waals surface area contributed by atoms with Crippen molar-refractivity contribution in [2.45, 2.75) is 13.3 Å². The molecule has 0 radical (unpaired) electrons. The molecule has 0 heterocycles. The minimum atomic E-state index is -0.351. The maximum Gasteiger partial charge on any atom is 0.338 e. The van der Waals surface area contributed by atoms with E-state index in [1.54, 1.807) is 25.1 Å². The van der Waals surface area contributed by atoms with Crippen molar-refractivity contribution in [3.63, 3.8) is 0 Å². The van der Waals surface area contributed by atoms with E-state index in [0.717, 1.165) is 13.0 Å². The molecular formula is C14H18N2O2. The molecule has 1 rings (SSSR count). The lowest BCUT2D eigenvalue weighted by Gasteiger charge is -2.04. The maximum absolute atomic E-state index is 11.6. The normalized spacial score (nSPS) is 9.44. The van der Waals surface area contributed by atoms with Crippen LogP contribution in [0.5, 0.6) is 0 Å². The summed E-state index contributed by atoms with van der Waals surface area (Å²) in [5.74, 6) is 5.61. The number of carbonyl (C=O) groups is 1. The number of rotatable bonds is 4. The molecule has 0 aromatic heterocycles. The highest BCUT2D eigenvalue weighted by molar-refractivity contribution is 5.90. The average molecular weight is 246 g/mol. The van der Waals surface area contributed by atoms with E-state index in [9.17, 15) is 4.79 Å². The predicted octanol–water partition coefficient (Wildman–Crippen LogP) is 1.41. The summed E-state index contributed by atoms with van der Waals surface area (Å²) in [5.41, 5.74) is 7.52. The Balaban J connectivity index is 2.86. The van der Waals surface area contributed by atoms with Gasteiger partial charge in [-0.3, -0.25) is 0 Å². The first-order chi connectivity index (χ1) is 8.69. The van der Waals surface area contributed by atoms with E-state index in [4.69, 9.17) is 10.5 Å². The highest BCUT2D eigenvalue weighted by Gasteiger charge is 2.07. The van der Waals surface area contributed by atoms with Gasteiger partial charge in [0.05, 0.1) is 12.2 Å². The van der Waals surface area contributed by atoms with Crippen LogP contribution in [0.15, 0.2) is 18.2 Å². The highest BCUT2D eigenvalue weighted by atomic mass is 16.5.